The number of carboxylic acids is 2. The summed E-state index contributed by atoms with van der Waals surface area (Å²) >= 11 is 6.19. The van der Waals surface area contributed by atoms with Crippen LogP contribution in [-0.2, 0) is 9.59 Å². The molecule has 0 aromatic heterocycles. The quantitative estimate of drug-likeness (QED) is 0.337. The van der Waals surface area contributed by atoms with Gasteiger partial charge in [-0.3, -0.25) is 4.90 Å². The second kappa shape index (κ2) is 13.9. The van der Waals surface area contributed by atoms with Gasteiger partial charge in [-0.15, -0.1) is 0 Å². The summed E-state index contributed by atoms with van der Waals surface area (Å²) in [4.78, 5) is 22.0. The Morgan fingerprint density at radius 3 is 1.82 bits per heavy atom. The lowest BCUT2D eigenvalue weighted by Gasteiger charge is -2.32. The Balaban J connectivity index is 0.000000489. The van der Waals surface area contributed by atoms with Crippen LogP contribution in [0, 0.1) is 0 Å². The average Bonchev–Trinajstić information content (AvgIpc) is 2.78. The van der Waals surface area contributed by atoms with Gasteiger partial charge in [0.2, 0.25) is 0 Å². The summed E-state index contributed by atoms with van der Waals surface area (Å²) in [5.74, 6) is -3.09. The molecule has 0 aliphatic rings. The van der Waals surface area contributed by atoms with Crippen LogP contribution in [0.3, 0.4) is 0 Å². The predicted octanol–water partition coefficient (Wildman–Crippen LogP) is 3.56. The summed E-state index contributed by atoms with van der Waals surface area (Å²) in [5.41, 5.74) is 2.11. The van der Waals surface area contributed by atoms with Crippen LogP contribution in [0.2, 0.25) is 5.02 Å². The van der Waals surface area contributed by atoms with Gasteiger partial charge in [-0.2, -0.15) is 0 Å². The molecule has 0 radical (unpaired) electrons. The first-order valence-corrected chi connectivity index (χ1v) is 11.3. The highest BCUT2D eigenvalue weighted by atomic mass is 35.5. The van der Waals surface area contributed by atoms with Crippen molar-refractivity contribution in [1.29, 1.82) is 0 Å². The van der Waals surface area contributed by atoms with Crippen LogP contribution in [0.4, 0.5) is 0 Å². The number of hydrogen-bond acceptors (Lipinski definition) is 6. The Labute approximate surface area is 205 Å². The molecule has 34 heavy (non-hydrogen) atoms. The van der Waals surface area contributed by atoms with Crippen molar-refractivity contribution in [2.75, 3.05) is 6.54 Å². The highest BCUT2D eigenvalue weighted by Crippen LogP contribution is 2.36. The normalized spacial score (nSPS) is 13.8. The van der Waals surface area contributed by atoms with E-state index in [1.807, 2.05) is 24.3 Å². The maximum absolute atomic E-state index is 10.4. The fourth-order valence-corrected chi connectivity index (χ4v) is 3.83. The van der Waals surface area contributed by atoms with Gasteiger partial charge in [0.25, 0.3) is 0 Å². The van der Waals surface area contributed by atoms with Gasteiger partial charge >= 0.3 is 11.9 Å². The van der Waals surface area contributed by atoms with Crippen molar-refractivity contribution in [2.24, 2.45) is 0 Å². The molecule has 0 heterocycles. The standard InChI is InChI=1S/C21H28ClNO.C4H6O6/c1-15(2)23(16(3)4)13-12-19(17-8-6-5-7-9-17)20-14-18(22)10-11-21(20)24;5-1(3(7)8)2(6)4(9)10/h5-11,14-16,19,24H,12-13H2,1-4H3;1-2,5-6H,(H,7,8)(H,9,10). The second-order valence-electron chi connectivity index (χ2n) is 8.45. The monoisotopic (exact) mass is 495 g/mol. The number of aliphatic hydroxyl groups is 2. The van der Waals surface area contributed by atoms with Crippen molar-refractivity contribution in [3.05, 3.63) is 64.7 Å². The van der Waals surface area contributed by atoms with Crippen molar-refractivity contribution < 1.29 is 35.1 Å². The topological polar surface area (TPSA) is 139 Å². The summed E-state index contributed by atoms with van der Waals surface area (Å²) in [6, 6.07) is 16.7. The van der Waals surface area contributed by atoms with Gasteiger partial charge < -0.3 is 25.5 Å². The lowest BCUT2D eigenvalue weighted by molar-refractivity contribution is -0.165. The maximum Gasteiger partial charge on any atom is 0.335 e. The molecule has 0 bridgehead atoms. The summed E-state index contributed by atoms with van der Waals surface area (Å²) in [7, 11) is 0. The molecule has 5 N–H and O–H groups in total. The van der Waals surface area contributed by atoms with E-state index >= 15 is 0 Å². The van der Waals surface area contributed by atoms with E-state index in [-0.39, 0.29) is 5.92 Å². The summed E-state index contributed by atoms with van der Waals surface area (Å²) < 4.78 is 0. The van der Waals surface area contributed by atoms with E-state index in [1.54, 1.807) is 12.1 Å². The fourth-order valence-electron chi connectivity index (χ4n) is 3.65. The van der Waals surface area contributed by atoms with Gasteiger partial charge in [0.15, 0.2) is 12.2 Å². The van der Waals surface area contributed by atoms with Crippen molar-refractivity contribution in [3.8, 4) is 5.75 Å². The fraction of sp³-hybridized carbons (Fsp3) is 0.440. The molecule has 8 nitrogen and oxygen atoms in total. The van der Waals surface area contributed by atoms with Crippen LogP contribution in [0.25, 0.3) is 0 Å². The minimum Gasteiger partial charge on any atom is -0.508 e. The average molecular weight is 496 g/mol. The number of aliphatic hydroxyl groups excluding tert-OH is 2. The number of rotatable bonds is 10. The third-order valence-electron chi connectivity index (χ3n) is 5.37. The lowest BCUT2D eigenvalue weighted by atomic mass is 9.87. The molecule has 0 spiro atoms. The molecule has 0 fully saturated rings. The number of phenolic OH excluding ortho intramolecular Hbond substituents is 1. The Kier molecular flexibility index (Phi) is 12.0. The van der Waals surface area contributed by atoms with Crippen molar-refractivity contribution in [2.45, 2.75) is 64.3 Å². The summed E-state index contributed by atoms with van der Waals surface area (Å²) in [5, 5.41) is 43.6. The molecule has 0 aliphatic heterocycles. The zero-order valence-corrected chi connectivity index (χ0v) is 20.6. The lowest BCUT2D eigenvalue weighted by Crippen LogP contribution is -2.39. The molecule has 2 rings (SSSR count). The van der Waals surface area contributed by atoms with Crippen LogP contribution in [0.15, 0.2) is 48.5 Å². The zero-order chi connectivity index (χ0) is 26.0. The molecule has 9 heteroatoms. The third-order valence-corrected chi connectivity index (χ3v) is 5.61. The van der Waals surface area contributed by atoms with E-state index in [2.05, 4.69) is 44.7 Å². The zero-order valence-electron chi connectivity index (χ0n) is 19.8. The van der Waals surface area contributed by atoms with Crippen LogP contribution < -0.4 is 0 Å². The summed E-state index contributed by atoms with van der Waals surface area (Å²) in [6.07, 6.45) is -3.59. The van der Waals surface area contributed by atoms with E-state index < -0.39 is 24.1 Å². The van der Waals surface area contributed by atoms with E-state index in [9.17, 15) is 14.7 Å². The number of aliphatic carboxylic acids is 2. The first kappa shape index (κ1) is 29.4. The number of benzene rings is 2. The molecular weight excluding hydrogens is 462 g/mol. The Bertz CT molecular complexity index is 895. The second-order valence-corrected chi connectivity index (χ2v) is 8.88. The molecule has 2 aromatic carbocycles. The van der Waals surface area contributed by atoms with Gasteiger partial charge in [0, 0.05) is 28.6 Å². The third kappa shape index (κ3) is 8.95. The van der Waals surface area contributed by atoms with E-state index in [4.69, 9.17) is 32.0 Å². The van der Waals surface area contributed by atoms with Gasteiger partial charge in [-0.05, 0) is 64.4 Å². The highest BCUT2D eigenvalue weighted by Gasteiger charge is 2.29. The molecule has 0 amide bonds. The van der Waals surface area contributed by atoms with E-state index in [1.165, 1.54) is 5.56 Å². The van der Waals surface area contributed by atoms with Crippen LogP contribution >= 0.6 is 11.6 Å². The number of hydrogen-bond donors (Lipinski definition) is 5. The number of halogens is 1. The van der Waals surface area contributed by atoms with Crippen molar-refractivity contribution in [1.82, 2.24) is 4.90 Å². The van der Waals surface area contributed by atoms with Crippen molar-refractivity contribution in [3.63, 3.8) is 0 Å². The first-order chi connectivity index (χ1) is 15.9. The van der Waals surface area contributed by atoms with Gasteiger partial charge in [0.05, 0.1) is 0 Å². The Morgan fingerprint density at radius 1 is 0.882 bits per heavy atom. The molecule has 0 saturated carbocycles. The molecule has 2 aromatic rings. The number of phenols is 1. The minimum atomic E-state index is -2.27. The Morgan fingerprint density at radius 2 is 1.38 bits per heavy atom. The number of aromatic hydroxyl groups is 1. The van der Waals surface area contributed by atoms with Gasteiger partial charge in [0.1, 0.15) is 5.75 Å². The predicted molar refractivity (Wildman–Crippen MR) is 130 cm³/mol. The molecule has 3 unspecified atom stereocenters. The number of carbonyl (C=O) groups is 2. The highest BCUT2D eigenvalue weighted by molar-refractivity contribution is 6.30. The minimum absolute atomic E-state index is 0.130. The van der Waals surface area contributed by atoms with Gasteiger partial charge in [-0.1, -0.05) is 41.9 Å². The largest absolute Gasteiger partial charge is 0.508 e. The van der Waals surface area contributed by atoms with E-state index in [0.29, 0.717) is 22.9 Å². The van der Waals surface area contributed by atoms with Crippen LogP contribution in [0.1, 0.15) is 51.2 Å². The molecule has 0 aliphatic carbocycles. The number of nitrogens with zero attached hydrogens (tertiary/aromatic N) is 1. The molecule has 188 valence electrons. The first-order valence-electron chi connectivity index (χ1n) is 11.0. The molecule has 3 atom stereocenters. The molecule has 0 saturated heterocycles. The Hall–Kier alpha value is -2.65. The number of carboxylic acid groups (broad SMARTS) is 2. The van der Waals surface area contributed by atoms with Crippen molar-refractivity contribution >= 4 is 23.5 Å². The van der Waals surface area contributed by atoms with Crippen LogP contribution in [0.5, 0.6) is 5.75 Å². The maximum atomic E-state index is 10.4. The van der Waals surface area contributed by atoms with Gasteiger partial charge in [-0.25, -0.2) is 9.59 Å². The smallest absolute Gasteiger partial charge is 0.335 e. The van der Waals surface area contributed by atoms with Crippen LogP contribution in [-0.4, -0.2) is 73.2 Å². The summed E-state index contributed by atoms with van der Waals surface area (Å²) in [6.45, 7) is 9.90. The molecular formula is C25H34ClNO7. The SMILES string of the molecule is CC(C)N(CCC(c1ccccc1)c1cc(Cl)ccc1O)C(C)C.O=C(O)C(O)C(O)C(=O)O. The van der Waals surface area contributed by atoms with E-state index in [0.717, 1.165) is 18.5 Å².